The van der Waals surface area contributed by atoms with Crippen molar-refractivity contribution in [3.05, 3.63) is 29.0 Å². The van der Waals surface area contributed by atoms with Gasteiger partial charge in [-0.25, -0.2) is 0 Å². The van der Waals surface area contributed by atoms with Crippen LogP contribution >= 0.6 is 11.6 Å². The number of aliphatic hydroxyl groups excluding tert-OH is 1. The van der Waals surface area contributed by atoms with E-state index in [1.54, 1.807) is 13.1 Å². The molecular weight excluding hydrogens is 198 g/mol. The van der Waals surface area contributed by atoms with Crippen LogP contribution in [0.25, 0.3) is 0 Å². The molecule has 1 aromatic heterocycles. The minimum Gasteiger partial charge on any atom is -0.393 e. The van der Waals surface area contributed by atoms with Crippen molar-refractivity contribution in [3.63, 3.8) is 0 Å². The average Bonchev–Trinajstić information content (AvgIpc) is 2.07. The number of aromatic nitrogens is 1. The lowest BCUT2D eigenvalue weighted by atomic mass is 9.88. The van der Waals surface area contributed by atoms with E-state index in [9.17, 15) is 5.11 Å². The largest absolute Gasteiger partial charge is 0.393 e. The second-order valence-electron chi connectivity index (χ2n) is 3.91. The molecule has 1 aromatic rings. The van der Waals surface area contributed by atoms with Crippen LogP contribution in [0.1, 0.15) is 32.4 Å². The zero-order valence-corrected chi connectivity index (χ0v) is 9.49. The van der Waals surface area contributed by atoms with Gasteiger partial charge in [0.2, 0.25) is 0 Å². The molecule has 78 valence electrons. The summed E-state index contributed by atoms with van der Waals surface area (Å²) < 4.78 is 0. The third-order valence-corrected chi connectivity index (χ3v) is 2.55. The Bertz CT molecular complexity index is 274. The summed E-state index contributed by atoms with van der Waals surface area (Å²) in [6.07, 6.45) is 1.23. The molecule has 14 heavy (non-hydrogen) atoms. The van der Waals surface area contributed by atoms with E-state index in [4.69, 9.17) is 11.6 Å². The highest BCUT2D eigenvalue weighted by atomic mass is 35.5. The van der Waals surface area contributed by atoms with Gasteiger partial charge in [0.25, 0.3) is 0 Å². The molecule has 0 bridgehead atoms. The summed E-state index contributed by atoms with van der Waals surface area (Å²) in [5.74, 6) is 0.441. The van der Waals surface area contributed by atoms with Gasteiger partial charge < -0.3 is 5.11 Å². The number of hydrogen-bond acceptors (Lipinski definition) is 2. The van der Waals surface area contributed by atoms with E-state index in [1.165, 1.54) is 0 Å². The first-order valence-corrected chi connectivity index (χ1v) is 5.19. The molecule has 0 amide bonds. The van der Waals surface area contributed by atoms with Crippen molar-refractivity contribution in [1.82, 2.24) is 4.98 Å². The number of rotatable bonds is 3. The summed E-state index contributed by atoms with van der Waals surface area (Å²) in [5, 5.41) is 10.3. The number of aliphatic hydroxyl groups is 1. The van der Waals surface area contributed by atoms with Crippen molar-refractivity contribution < 1.29 is 5.11 Å². The Morgan fingerprint density at radius 2 is 1.93 bits per heavy atom. The first kappa shape index (κ1) is 11.5. The third-order valence-electron chi connectivity index (χ3n) is 2.33. The maximum atomic E-state index is 9.63. The third kappa shape index (κ3) is 2.69. The molecular formula is C11H16ClNO. The van der Waals surface area contributed by atoms with Gasteiger partial charge in [-0.1, -0.05) is 25.4 Å². The summed E-state index contributed by atoms with van der Waals surface area (Å²) in [4.78, 5) is 4.23. The van der Waals surface area contributed by atoms with Crippen LogP contribution in [0.4, 0.5) is 0 Å². The van der Waals surface area contributed by atoms with E-state index >= 15 is 0 Å². The van der Waals surface area contributed by atoms with Crippen molar-refractivity contribution >= 4 is 11.6 Å². The molecule has 0 fully saturated rings. The molecule has 1 N–H and O–H groups in total. The quantitative estimate of drug-likeness (QED) is 0.838. The standard InChI is InChI=1S/C11H16ClNO/c1-7(2)11(8(3)14)10-5-4-9(12)6-13-10/h4-8,11,14H,1-3H3. The van der Waals surface area contributed by atoms with Gasteiger partial charge >= 0.3 is 0 Å². The first-order valence-electron chi connectivity index (χ1n) is 4.82. The Morgan fingerprint density at radius 3 is 2.29 bits per heavy atom. The molecule has 3 heteroatoms. The lowest BCUT2D eigenvalue weighted by molar-refractivity contribution is 0.138. The maximum absolute atomic E-state index is 9.63. The van der Waals surface area contributed by atoms with Gasteiger partial charge in [-0.05, 0) is 25.0 Å². The van der Waals surface area contributed by atoms with Gasteiger partial charge in [0.05, 0.1) is 11.1 Å². The van der Waals surface area contributed by atoms with E-state index < -0.39 is 0 Å². The summed E-state index contributed by atoms with van der Waals surface area (Å²) in [6, 6.07) is 3.68. The lowest BCUT2D eigenvalue weighted by Gasteiger charge is -2.23. The van der Waals surface area contributed by atoms with Crippen LogP contribution in [-0.4, -0.2) is 16.2 Å². The molecule has 0 aromatic carbocycles. The van der Waals surface area contributed by atoms with Crippen LogP contribution < -0.4 is 0 Å². The highest BCUT2D eigenvalue weighted by molar-refractivity contribution is 6.30. The van der Waals surface area contributed by atoms with Crippen LogP contribution in [0.5, 0.6) is 0 Å². The van der Waals surface area contributed by atoms with E-state index in [0.717, 1.165) is 5.69 Å². The Balaban J connectivity index is 2.94. The van der Waals surface area contributed by atoms with Crippen LogP contribution in [0.3, 0.4) is 0 Å². The summed E-state index contributed by atoms with van der Waals surface area (Å²) >= 11 is 5.75. The van der Waals surface area contributed by atoms with Gasteiger partial charge in [0.15, 0.2) is 0 Å². The van der Waals surface area contributed by atoms with Crippen molar-refractivity contribution in [3.8, 4) is 0 Å². The van der Waals surface area contributed by atoms with E-state index in [0.29, 0.717) is 10.9 Å². The molecule has 1 heterocycles. The fourth-order valence-corrected chi connectivity index (χ4v) is 1.84. The van der Waals surface area contributed by atoms with E-state index in [1.807, 2.05) is 12.1 Å². The number of halogens is 1. The Kier molecular flexibility index (Phi) is 3.90. The smallest absolute Gasteiger partial charge is 0.0598 e. The predicted molar refractivity (Wildman–Crippen MR) is 58.5 cm³/mol. The predicted octanol–water partition coefficient (Wildman–Crippen LogP) is 2.86. The highest BCUT2D eigenvalue weighted by Crippen LogP contribution is 2.26. The van der Waals surface area contributed by atoms with Crippen LogP contribution in [0, 0.1) is 5.92 Å². The molecule has 2 nitrogen and oxygen atoms in total. The maximum Gasteiger partial charge on any atom is 0.0598 e. The Hall–Kier alpha value is -0.600. The van der Waals surface area contributed by atoms with Gasteiger partial charge in [0, 0.05) is 17.8 Å². The molecule has 0 saturated heterocycles. The molecule has 2 unspecified atom stereocenters. The molecule has 0 radical (unpaired) electrons. The van der Waals surface area contributed by atoms with Crippen molar-refractivity contribution in [2.75, 3.05) is 0 Å². The minimum atomic E-state index is -0.385. The zero-order chi connectivity index (χ0) is 10.7. The number of hydrogen-bond donors (Lipinski definition) is 1. The number of nitrogens with zero attached hydrogens (tertiary/aromatic N) is 1. The van der Waals surface area contributed by atoms with Crippen molar-refractivity contribution in [2.24, 2.45) is 5.92 Å². The molecule has 0 spiro atoms. The minimum absolute atomic E-state index is 0.0762. The molecule has 0 aliphatic carbocycles. The van der Waals surface area contributed by atoms with Gasteiger partial charge in [-0.15, -0.1) is 0 Å². The molecule has 0 aliphatic rings. The average molecular weight is 214 g/mol. The molecule has 2 atom stereocenters. The topological polar surface area (TPSA) is 33.1 Å². The Morgan fingerprint density at radius 1 is 1.29 bits per heavy atom. The number of pyridine rings is 1. The molecule has 0 saturated carbocycles. The van der Waals surface area contributed by atoms with Crippen LogP contribution in [0.15, 0.2) is 18.3 Å². The van der Waals surface area contributed by atoms with E-state index in [2.05, 4.69) is 18.8 Å². The van der Waals surface area contributed by atoms with E-state index in [-0.39, 0.29) is 12.0 Å². The lowest BCUT2D eigenvalue weighted by Crippen LogP contribution is -2.21. The summed E-state index contributed by atoms with van der Waals surface area (Å²) in [7, 11) is 0. The fourth-order valence-electron chi connectivity index (χ4n) is 1.73. The van der Waals surface area contributed by atoms with Gasteiger partial charge in [0.1, 0.15) is 0 Å². The monoisotopic (exact) mass is 213 g/mol. The SMILES string of the molecule is CC(C)C(c1ccc(Cl)cn1)C(C)O. The normalized spacial score (nSPS) is 15.6. The Labute approximate surface area is 89.9 Å². The van der Waals surface area contributed by atoms with Crippen LogP contribution in [0.2, 0.25) is 5.02 Å². The first-order chi connectivity index (χ1) is 6.52. The van der Waals surface area contributed by atoms with Crippen LogP contribution in [-0.2, 0) is 0 Å². The van der Waals surface area contributed by atoms with Gasteiger partial charge in [-0.3, -0.25) is 4.98 Å². The molecule has 1 rings (SSSR count). The second-order valence-corrected chi connectivity index (χ2v) is 4.35. The molecule has 0 aliphatic heterocycles. The van der Waals surface area contributed by atoms with Gasteiger partial charge in [-0.2, -0.15) is 0 Å². The van der Waals surface area contributed by atoms with Crippen molar-refractivity contribution in [2.45, 2.75) is 32.8 Å². The summed E-state index contributed by atoms with van der Waals surface area (Å²) in [6.45, 7) is 5.95. The fraction of sp³-hybridized carbons (Fsp3) is 0.545. The highest BCUT2D eigenvalue weighted by Gasteiger charge is 2.21. The summed E-state index contributed by atoms with van der Waals surface area (Å²) in [5.41, 5.74) is 0.902. The zero-order valence-electron chi connectivity index (χ0n) is 8.74. The second kappa shape index (κ2) is 4.76. The van der Waals surface area contributed by atoms with Crippen molar-refractivity contribution in [1.29, 1.82) is 0 Å².